The summed E-state index contributed by atoms with van der Waals surface area (Å²) in [6.45, 7) is 0.384. The minimum atomic E-state index is -0.287. The number of para-hydroxylation sites is 2. The van der Waals surface area contributed by atoms with Crippen LogP contribution in [0.15, 0.2) is 60.8 Å². The predicted molar refractivity (Wildman–Crippen MR) is 101 cm³/mol. The van der Waals surface area contributed by atoms with Gasteiger partial charge in [-0.15, -0.1) is 0 Å². The van der Waals surface area contributed by atoms with Gasteiger partial charge in [-0.2, -0.15) is 0 Å². The first-order chi connectivity index (χ1) is 12.7. The number of carbonyl (C=O) groups excluding carboxylic acids is 1. The van der Waals surface area contributed by atoms with Crippen molar-refractivity contribution >= 4 is 29.1 Å². The van der Waals surface area contributed by atoms with E-state index in [-0.39, 0.29) is 11.6 Å². The maximum absolute atomic E-state index is 12.3. The van der Waals surface area contributed by atoms with Crippen LogP contribution in [-0.2, 0) is 6.54 Å². The molecule has 7 heteroatoms. The van der Waals surface area contributed by atoms with Gasteiger partial charge in [0.05, 0.1) is 12.8 Å². The Morgan fingerprint density at radius 3 is 2.65 bits per heavy atom. The maximum Gasteiger partial charge on any atom is 0.270 e. The third-order valence-corrected chi connectivity index (χ3v) is 3.86. The van der Waals surface area contributed by atoms with E-state index in [0.717, 1.165) is 5.56 Å². The number of benzene rings is 2. The number of ether oxygens (including phenoxy) is 1. The van der Waals surface area contributed by atoms with Crippen LogP contribution >= 0.6 is 11.6 Å². The number of rotatable bonds is 6. The Labute approximate surface area is 156 Å². The van der Waals surface area contributed by atoms with Crippen LogP contribution in [0.1, 0.15) is 16.1 Å². The molecule has 0 atom stereocenters. The lowest BCUT2D eigenvalue weighted by Crippen LogP contribution is -2.24. The molecule has 0 aliphatic carbocycles. The molecule has 0 aliphatic heterocycles. The summed E-state index contributed by atoms with van der Waals surface area (Å²) in [4.78, 5) is 20.7. The first-order valence-corrected chi connectivity index (χ1v) is 8.29. The van der Waals surface area contributed by atoms with Crippen molar-refractivity contribution in [3.8, 4) is 5.75 Å². The summed E-state index contributed by atoms with van der Waals surface area (Å²) in [6, 6.07) is 16.2. The van der Waals surface area contributed by atoms with Gasteiger partial charge in [-0.3, -0.25) is 4.79 Å². The SMILES string of the molecule is COc1ccccc1Nc1nccc(C(=O)NCc2ccc(Cl)cc2)n1. The normalized spacial score (nSPS) is 10.2. The van der Waals surface area contributed by atoms with Crippen molar-refractivity contribution in [2.75, 3.05) is 12.4 Å². The zero-order valence-corrected chi connectivity index (χ0v) is 14.8. The summed E-state index contributed by atoms with van der Waals surface area (Å²) in [5, 5.41) is 6.54. The number of carbonyl (C=O) groups is 1. The minimum absolute atomic E-state index is 0.270. The third-order valence-electron chi connectivity index (χ3n) is 3.61. The smallest absolute Gasteiger partial charge is 0.270 e. The Balaban J connectivity index is 1.68. The average molecular weight is 369 g/mol. The van der Waals surface area contributed by atoms with Gasteiger partial charge in [0.1, 0.15) is 11.4 Å². The molecular formula is C19H17ClN4O2. The lowest BCUT2D eigenvalue weighted by atomic mass is 10.2. The third kappa shape index (κ3) is 4.49. The fourth-order valence-electron chi connectivity index (χ4n) is 2.29. The van der Waals surface area contributed by atoms with Crippen LogP contribution in [0.25, 0.3) is 0 Å². The van der Waals surface area contributed by atoms with Gasteiger partial charge in [0.2, 0.25) is 5.95 Å². The molecule has 0 saturated carbocycles. The lowest BCUT2D eigenvalue weighted by Gasteiger charge is -2.10. The summed E-state index contributed by atoms with van der Waals surface area (Å²) in [5.41, 5.74) is 1.93. The minimum Gasteiger partial charge on any atom is -0.495 e. The second-order valence-corrected chi connectivity index (χ2v) is 5.84. The van der Waals surface area contributed by atoms with Crippen molar-refractivity contribution in [1.82, 2.24) is 15.3 Å². The van der Waals surface area contributed by atoms with Crippen LogP contribution in [0.4, 0.5) is 11.6 Å². The van der Waals surface area contributed by atoms with Gasteiger partial charge in [-0.1, -0.05) is 35.9 Å². The molecule has 1 aromatic heterocycles. The fourth-order valence-corrected chi connectivity index (χ4v) is 2.41. The number of nitrogens with one attached hydrogen (secondary N) is 2. The summed E-state index contributed by atoms with van der Waals surface area (Å²) in [5.74, 6) is 0.688. The first kappa shape index (κ1) is 17.7. The van der Waals surface area contributed by atoms with Crippen LogP contribution in [0.2, 0.25) is 5.02 Å². The van der Waals surface area contributed by atoms with Crippen molar-refractivity contribution in [3.63, 3.8) is 0 Å². The molecular weight excluding hydrogens is 352 g/mol. The Hall–Kier alpha value is -3.12. The van der Waals surface area contributed by atoms with Crippen LogP contribution < -0.4 is 15.4 Å². The molecule has 0 spiro atoms. The molecule has 0 unspecified atom stereocenters. The number of nitrogens with zero attached hydrogens (tertiary/aromatic N) is 2. The number of anilines is 2. The molecule has 1 heterocycles. The molecule has 0 saturated heterocycles. The first-order valence-electron chi connectivity index (χ1n) is 7.91. The van der Waals surface area contributed by atoms with Crippen molar-refractivity contribution < 1.29 is 9.53 Å². The van der Waals surface area contributed by atoms with E-state index in [0.29, 0.717) is 29.0 Å². The molecule has 0 bridgehead atoms. The number of hydrogen-bond donors (Lipinski definition) is 2. The summed E-state index contributed by atoms with van der Waals surface area (Å²) < 4.78 is 5.28. The van der Waals surface area contributed by atoms with Crippen molar-refractivity contribution in [3.05, 3.63) is 77.1 Å². The maximum atomic E-state index is 12.3. The highest BCUT2D eigenvalue weighted by molar-refractivity contribution is 6.30. The van der Waals surface area contributed by atoms with Gasteiger partial charge in [0, 0.05) is 17.8 Å². The van der Waals surface area contributed by atoms with E-state index < -0.39 is 0 Å². The average Bonchev–Trinajstić information content (AvgIpc) is 2.68. The van der Waals surface area contributed by atoms with Gasteiger partial charge < -0.3 is 15.4 Å². The standard InChI is InChI=1S/C19H17ClN4O2/c1-26-17-5-3-2-4-15(17)23-19-21-11-10-16(24-19)18(25)22-12-13-6-8-14(20)9-7-13/h2-11H,12H2,1H3,(H,22,25)(H,21,23,24). The van der Waals surface area contributed by atoms with E-state index in [4.69, 9.17) is 16.3 Å². The van der Waals surface area contributed by atoms with E-state index in [9.17, 15) is 4.79 Å². The molecule has 2 aromatic carbocycles. The Kier molecular flexibility index (Phi) is 5.66. The molecule has 3 rings (SSSR count). The highest BCUT2D eigenvalue weighted by atomic mass is 35.5. The van der Waals surface area contributed by atoms with E-state index in [1.165, 1.54) is 6.20 Å². The Morgan fingerprint density at radius 1 is 1.12 bits per heavy atom. The van der Waals surface area contributed by atoms with Gasteiger partial charge in [0.15, 0.2) is 0 Å². The lowest BCUT2D eigenvalue weighted by molar-refractivity contribution is 0.0946. The van der Waals surface area contributed by atoms with Gasteiger partial charge in [0.25, 0.3) is 5.91 Å². The molecule has 0 radical (unpaired) electrons. The molecule has 2 N–H and O–H groups in total. The number of aromatic nitrogens is 2. The molecule has 132 valence electrons. The molecule has 1 amide bonds. The summed E-state index contributed by atoms with van der Waals surface area (Å²) in [7, 11) is 1.59. The summed E-state index contributed by atoms with van der Waals surface area (Å²) >= 11 is 5.86. The van der Waals surface area contributed by atoms with Gasteiger partial charge >= 0.3 is 0 Å². The molecule has 3 aromatic rings. The van der Waals surface area contributed by atoms with E-state index in [1.54, 1.807) is 25.3 Å². The molecule has 0 fully saturated rings. The monoisotopic (exact) mass is 368 g/mol. The largest absolute Gasteiger partial charge is 0.495 e. The van der Waals surface area contributed by atoms with Crippen LogP contribution in [0.3, 0.4) is 0 Å². The zero-order valence-electron chi connectivity index (χ0n) is 14.1. The van der Waals surface area contributed by atoms with E-state index in [2.05, 4.69) is 20.6 Å². The highest BCUT2D eigenvalue weighted by Crippen LogP contribution is 2.25. The highest BCUT2D eigenvalue weighted by Gasteiger charge is 2.10. The predicted octanol–water partition coefficient (Wildman–Crippen LogP) is 3.81. The van der Waals surface area contributed by atoms with Crippen molar-refractivity contribution in [2.24, 2.45) is 0 Å². The van der Waals surface area contributed by atoms with E-state index >= 15 is 0 Å². The topological polar surface area (TPSA) is 76.1 Å². The van der Waals surface area contributed by atoms with E-state index in [1.807, 2.05) is 36.4 Å². The van der Waals surface area contributed by atoms with Crippen LogP contribution in [0.5, 0.6) is 5.75 Å². The molecule has 26 heavy (non-hydrogen) atoms. The number of amides is 1. The molecule has 6 nitrogen and oxygen atoms in total. The molecule has 0 aliphatic rings. The Bertz CT molecular complexity index is 900. The number of methoxy groups -OCH3 is 1. The second kappa shape index (κ2) is 8.31. The summed E-state index contributed by atoms with van der Waals surface area (Å²) in [6.07, 6.45) is 1.53. The van der Waals surface area contributed by atoms with Gasteiger partial charge in [-0.25, -0.2) is 9.97 Å². The van der Waals surface area contributed by atoms with Crippen molar-refractivity contribution in [1.29, 1.82) is 0 Å². The van der Waals surface area contributed by atoms with Crippen LogP contribution in [-0.4, -0.2) is 23.0 Å². The van der Waals surface area contributed by atoms with Crippen molar-refractivity contribution in [2.45, 2.75) is 6.54 Å². The quantitative estimate of drug-likeness (QED) is 0.691. The fraction of sp³-hybridized carbons (Fsp3) is 0.105. The second-order valence-electron chi connectivity index (χ2n) is 5.40. The Morgan fingerprint density at radius 2 is 1.88 bits per heavy atom. The zero-order chi connectivity index (χ0) is 18.4. The van der Waals surface area contributed by atoms with Gasteiger partial charge in [-0.05, 0) is 35.9 Å². The number of halogens is 1. The van der Waals surface area contributed by atoms with Crippen LogP contribution in [0, 0.1) is 0 Å². The number of hydrogen-bond acceptors (Lipinski definition) is 5.